The number of aliphatic carboxylic acids is 1. The van der Waals surface area contributed by atoms with Crippen molar-refractivity contribution in [2.75, 3.05) is 5.32 Å². The molecule has 1 saturated carbocycles. The predicted octanol–water partition coefficient (Wildman–Crippen LogP) is 3.89. The van der Waals surface area contributed by atoms with Crippen molar-refractivity contribution in [1.29, 1.82) is 0 Å². The Bertz CT molecular complexity index is 584. The van der Waals surface area contributed by atoms with Gasteiger partial charge in [0.2, 0.25) is 0 Å². The van der Waals surface area contributed by atoms with E-state index in [0.717, 1.165) is 41.0 Å². The summed E-state index contributed by atoms with van der Waals surface area (Å²) < 4.78 is 1.14. The highest BCUT2D eigenvalue weighted by atomic mass is 32.1. The van der Waals surface area contributed by atoms with Crippen LogP contribution in [-0.4, -0.2) is 21.6 Å². The van der Waals surface area contributed by atoms with E-state index in [1.165, 1.54) is 6.42 Å². The standard InChI is InChI=1S/C15H18N2O2S/c18-13(19)10-15(8-4-1-5-9-15)17-14-16-11-6-2-3-7-12(11)20-14/h2-3,6-7H,1,4-5,8-10H2,(H,16,17)(H,18,19). The summed E-state index contributed by atoms with van der Waals surface area (Å²) in [5.41, 5.74) is 0.652. The third-order valence-electron chi connectivity index (χ3n) is 3.97. The molecule has 2 aromatic rings. The lowest BCUT2D eigenvalue weighted by Gasteiger charge is -2.36. The Balaban J connectivity index is 1.86. The monoisotopic (exact) mass is 290 g/mol. The van der Waals surface area contributed by atoms with Crippen molar-refractivity contribution in [3.8, 4) is 0 Å². The Morgan fingerprint density at radius 2 is 2.05 bits per heavy atom. The summed E-state index contributed by atoms with van der Waals surface area (Å²) in [6.07, 6.45) is 5.37. The van der Waals surface area contributed by atoms with Crippen LogP contribution in [0, 0.1) is 0 Å². The molecule has 1 aliphatic rings. The fourth-order valence-electron chi connectivity index (χ4n) is 3.02. The van der Waals surface area contributed by atoms with E-state index < -0.39 is 5.97 Å². The zero-order valence-electron chi connectivity index (χ0n) is 11.3. The minimum absolute atomic E-state index is 0.170. The smallest absolute Gasteiger partial charge is 0.305 e. The summed E-state index contributed by atoms with van der Waals surface area (Å²) in [6.45, 7) is 0. The molecule has 1 heterocycles. The molecule has 1 fully saturated rings. The lowest BCUT2D eigenvalue weighted by Crippen LogP contribution is -2.42. The molecule has 0 bridgehead atoms. The molecular formula is C15H18N2O2S. The van der Waals surface area contributed by atoms with Gasteiger partial charge in [0.05, 0.1) is 16.6 Å². The molecule has 5 heteroatoms. The molecular weight excluding hydrogens is 272 g/mol. The lowest BCUT2D eigenvalue weighted by atomic mass is 9.79. The van der Waals surface area contributed by atoms with Crippen LogP contribution in [0.5, 0.6) is 0 Å². The predicted molar refractivity (Wildman–Crippen MR) is 81.3 cm³/mol. The molecule has 0 unspecified atom stereocenters. The summed E-state index contributed by atoms with van der Waals surface area (Å²) in [6, 6.07) is 8.00. The number of hydrogen-bond acceptors (Lipinski definition) is 4. The van der Waals surface area contributed by atoms with Gasteiger partial charge in [0.1, 0.15) is 0 Å². The van der Waals surface area contributed by atoms with Crippen LogP contribution in [0.3, 0.4) is 0 Å². The topological polar surface area (TPSA) is 62.2 Å². The van der Waals surface area contributed by atoms with Crippen molar-refractivity contribution in [2.24, 2.45) is 0 Å². The number of aromatic nitrogens is 1. The number of thiazole rings is 1. The Labute approximate surface area is 121 Å². The van der Waals surface area contributed by atoms with Crippen LogP contribution in [0.15, 0.2) is 24.3 Å². The Kier molecular flexibility index (Phi) is 3.61. The van der Waals surface area contributed by atoms with E-state index in [1.807, 2.05) is 24.3 Å². The first-order valence-electron chi connectivity index (χ1n) is 7.02. The summed E-state index contributed by atoms with van der Waals surface area (Å²) in [4.78, 5) is 15.8. The Hall–Kier alpha value is -1.62. The molecule has 4 nitrogen and oxygen atoms in total. The van der Waals surface area contributed by atoms with E-state index in [0.29, 0.717) is 0 Å². The first kappa shape index (κ1) is 13.4. The molecule has 3 rings (SSSR count). The van der Waals surface area contributed by atoms with Crippen LogP contribution in [0.2, 0.25) is 0 Å². The number of benzene rings is 1. The maximum atomic E-state index is 11.2. The van der Waals surface area contributed by atoms with Crippen LogP contribution in [0.4, 0.5) is 5.13 Å². The van der Waals surface area contributed by atoms with Crippen molar-refractivity contribution in [3.05, 3.63) is 24.3 Å². The van der Waals surface area contributed by atoms with E-state index in [4.69, 9.17) is 0 Å². The fraction of sp³-hybridized carbons (Fsp3) is 0.467. The number of rotatable bonds is 4. The average molecular weight is 290 g/mol. The summed E-state index contributed by atoms with van der Waals surface area (Å²) in [7, 11) is 0. The van der Waals surface area contributed by atoms with Gasteiger partial charge in [-0.1, -0.05) is 42.7 Å². The average Bonchev–Trinajstić information content (AvgIpc) is 2.80. The van der Waals surface area contributed by atoms with E-state index >= 15 is 0 Å². The van der Waals surface area contributed by atoms with Crippen molar-refractivity contribution in [2.45, 2.75) is 44.1 Å². The number of carboxylic acids is 1. The van der Waals surface area contributed by atoms with Gasteiger partial charge in [0.15, 0.2) is 5.13 Å². The van der Waals surface area contributed by atoms with Crippen LogP contribution in [0.25, 0.3) is 10.2 Å². The number of nitrogens with zero attached hydrogens (tertiary/aromatic N) is 1. The van der Waals surface area contributed by atoms with E-state index in [-0.39, 0.29) is 12.0 Å². The van der Waals surface area contributed by atoms with Gasteiger partial charge in [0.25, 0.3) is 0 Å². The maximum absolute atomic E-state index is 11.2. The number of para-hydroxylation sites is 1. The molecule has 106 valence electrons. The second-order valence-electron chi connectivity index (χ2n) is 5.52. The number of anilines is 1. The minimum Gasteiger partial charge on any atom is -0.481 e. The molecule has 0 amide bonds. The van der Waals surface area contributed by atoms with E-state index in [1.54, 1.807) is 11.3 Å². The Morgan fingerprint density at radius 3 is 2.75 bits per heavy atom. The normalized spacial score (nSPS) is 18.0. The fourth-order valence-corrected chi connectivity index (χ4v) is 4.00. The third kappa shape index (κ3) is 2.77. The highest BCUT2D eigenvalue weighted by Gasteiger charge is 2.35. The second kappa shape index (κ2) is 5.40. The molecule has 20 heavy (non-hydrogen) atoms. The number of carbonyl (C=O) groups is 1. The molecule has 1 aromatic heterocycles. The zero-order valence-corrected chi connectivity index (χ0v) is 12.1. The van der Waals surface area contributed by atoms with Gasteiger partial charge in [-0.15, -0.1) is 0 Å². The summed E-state index contributed by atoms with van der Waals surface area (Å²) in [5, 5.41) is 13.5. The minimum atomic E-state index is -0.736. The molecule has 0 spiro atoms. The van der Waals surface area contributed by atoms with Crippen molar-refractivity contribution < 1.29 is 9.90 Å². The molecule has 0 saturated heterocycles. The summed E-state index contributed by atoms with van der Waals surface area (Å²) in [5.74, 6) is -0.736. The molecule has 1 aliphatic carbocycles. The van der Waals surface area contributed by atoms with Crippen molar-refractivity contribution in [3.63, 3.8) is 0 Å². The SMILES string of the molecule is O=C(O)CC1(Nc2nc3ccccc3s2)CCCCC1. The van der Waals surface area contributed by atoms with Gasteiger partial charge < -0.3 is 10.4 Å². The van der Waals surface area contributed by atoms with E-state index in [9.17, 15) is 9.90 Å². The molecule has 2 N–H and O–H groups in total. The largest absolute Gasteiger partial charge is 0.481 e. The molecule has 0 aliphatic heterocycles. The summed E-state index contributed by atoms with van der Waals surface area (Å²) >= 11 is 1.60. The molecule has 0 atom stereocenters. The van der Waals surface area contributed by atoms with Crippen LogP contribution in [-0.2, 0) is 4.79 Å². The molecule has 0 radical (unpaired) electrons. The van der Waals surface area contributed by atoms with Crippen molar-refractivity contribution in [1.82, 2.24) is 4.98 Å². The van der Waals surface area contributed by atoms with Gasteiger partial charge in [-0.05, 0) is 25.0 Å². The maximum Gasteiger partial charge on any atom is 0.305 e. The van der Waals surface area contributed by atoms with Gasteiger partial charge in [-0.2, -0.15) is 0 Å². The number of fused-ring (bicyclic) bond motifs is 1. The quantitative estimate of drug-likeness (QED) is 0.897. The van der Waals surface area contributed by atoms with Crippen molar-refractivity contribution >= 4 is 32.7 Å². The number of carboxylic acid groups (broad SMARTS) is 1. The first-order valence-corrected chi connectivity index (χ1v) is 7.84. The van der Waals surface area contributed by atoms with Crippen LogP contribution >= 0.6 is 11.3 Å². The van der Waals surface area contributed by atoms with E-state index in [2.05, 4.69) is 10.3 Å². The highest BCUT2D eigenvalue weighted by Crippen LogP contribution is 2.36. The van der Waals surface area contributed by atoms with Crippen LogP contribution < -0.4 is 5.32 Å². The lowest BCUT2D eigenvalue weighted by molar-refractivity contribution is -0.138. The van der Waals surface area contributed by atoms with Gasteiger partial charge >= 0.3 is 5.97 Å². The number of nitrogens with one attached hydrogen (secondary N) is 1. The van der Waals surface area contributed by atoms with Crippen LogP contribution in [0.1, 0.15) is 38.5 Å². The Morgan fingerprint density at radius 1 is 1.30 bits per heavy atom. The first-order chi connectivity index (χ1) is 9.67. The van der Waals surface area contributed by atoms with Gasteiger partial charge in [-0.25, -0.2) is 4.98 Å². The second-order valence-corrected chi connectivity index (χ2v) is 6.55. The zero-order chi connectivity index (χ0) is 14.0. The van der Waals surface area contributed by atoms with Gasteiger partial charge in [-0.3, -0.25) is 4.79 Å². The molecule has 1 aromatic carbocycles. The third-order valence-corrected chi connectivity index (χ3v) is 4.92. The number of hydrogen-bond donors (Lipinski definition) is 2. The highest BCUT2D eigenvalue weighted by molar-refractivity contribution is 7.22. The van der Waals surface area contributed by atoms with Gasteiger partial charge in [0, 0.05) is 5.54 Å².